The lowest BCUT2D eigenvalue weighted by atomic mass is 10.2. The van der Waals surface area contributed by atoms with E-state index in [2.05, 4.69) is 9.97 Å². The molecule has 156 valence electrons. The highest BCUT2D eigenvalue weighted by Gasteiger charge is 2.19. The molecule has 0 saturated heterocycles. The van der Waals surface area contributed by atoms with Crippen LogP contribution in [0.5, 0.6) is 0 Å². The summed E-state index contributed by atoms with van der Waals surface area (Å²) >= 11 is 1.44. The fraction of sp³-hybridized carbons (Fsp3) is 0.250. The average Bonchev–Trinajstić information content (AvgIpc) is 3.16. The van der Waals surface area contributed by atoms with Crippen molar-refractivity contribution in [3.8, 4) is 0 Å². The summed E-state index contributed by atoms with van der Waals surface area (Å²) in [5, 5.41) is 2.62. The Balaban J connectivity index is 0.00000210. The summed E-state index contributed by atoms with van der Waals surface area (Å²) < 4.78 is 13.2. The lowest BCUT2D eigenvalue weighted by molar-refractivity contribution is 0.0739. The van der Waals surface area contributed by atoms with E-state index in [4.69, 9.17) is 5.73 Å². The van der Waals surface area contributed by atoms with Crippen LogP contribution in [-0.2, 0) is 19.4 Å². The Labute approximate surface area is 186 Å². The third kappa shape index (κ3) is 7.36. The first-order valence-corrected chi connectivity index (χ1v) is 9.62. The SMILES string of the molecule is Cl.Cl.NCCc1nc(C(=O)N(CCc2ccccn2)Cc2ccc(F)cc2)cs1. The van der Waals surface area contributed by atoms with Crippen LogP contribution >= 0.6 is 36.2 Å². The van der Waals surface area contributed by atoms with E-state index in [-0.39, 0.29) is 36.5 Å². The highest BCUT2D eigenvalue weighted by molar-refractivity contribution is 7.09. The number of carbonyl (C=O) groups excluding carboxylic acids is 1. The molecule has 3 rings (SSSR count). The molecule has 5 nitrogen and oxygen atoms in total. The summed E-state index contributed by atoms with van der Waals surface area (Å²) in [5.41, 5.74) is 7.77. The molecule has 2 N–H and O–H groups in total. The Morgan fingerprint density at radius 1 is 1.10 bits per heavy atom. The first-order valence-electron chi connectivity index (χ1n) is 8.74. The quantitative estimate of drug-likeness (QED) is 0.557. The van der Waals surface area contributed by atoms with Crippen molar-refractivity contribution >= 4 is 42.1 Å². The zero-order chi connectivity index (χ0) is 19.1. The van der Waals surface area contributed by atoms with E-state index in [1.54, 1.807) is 28.6 Å². The maximum atomic E-state index is 13.2. The maximum Gasteiger partial charge on any atom is 0.273 e. The number of pyridine rings is 1. The molecular weight excluding hydrogens is 434 g/mol. The zero-order valence-electron chi connectivity index (χ0n) is 15.7. The molecular formula is C20H23Cl2FN4OS. The second kappa shape index (κ2) is 12.5. The summed E-state index contributed by atoms with van der Waals surface area (Å²) in [6.07, 6.45) is 3.03. The number of carbonyl (C=O) groups is 1. The van der Waals surface area contributed by atoms with Gasteiger partial charge in [-0.1, -0.05) is 18.2 Å². The Hall–Kier alpha value is -2.06. The zero-order valence-corrected chi connectivity index (χ0v) is 18.1. The predicted octanol–water partition coefficient (Wildman–Crippen LogP) is 3.91. The van der Waals surface area contributed by atoms with E-state index in [0.717, 1.165) is 16.3 Å². The van der Waals surface area contributed by atoms with Crippen LogP contribution in [0.2, 0.25) is 0 Å². The summed E-state index contributed by atoms with van der Waals surface area (Å²) in [7, 11) is 0. The maximum absolute atomic E-state index is 13.2. The van der Waals surface area contributed by atoms with Gasteiger partial charge in [-0.15, -0.1) is 36.2 Å². The van der Waals surface area contributed by atoms with Crippen LogP contribution in [0.25, 0.3) is 0 Å². The van der Waals surface area contributed by atoms with Crippen molar-refractivity contribution in [2.24, 2.45) is 5.73 Å². The summed E-state index contributed by atoms with van der Waals surface area (Å²) in [4.78, 5) is 23.4. The second-order valence-electron chi connectivity index (χ2n) is 6.09. The highest BCUT2D eigenvalue weighted by Crippen LogP contribution is 2.15. The molecule has 29 heavy (non-hydrogen) atoms. The number of halogens is 3. The molecule has 0 atom stereocenters. The van der Waals surface area contributed by atoms with E-state index in [9.17, 15) is 9.18 Å². The number of hydrogen-bond donors (Lipinski definition) is 1. The van der Waals surface area contributed by atoms with Crippen LogP contribution in [0.15, 0.2) is 54.0 Å². The number of nitrogens with two attached hydrogens (primary N) is 1. The highest BCUT2D eigenvalue weighted by atomic mass is 35.5. The smallest absolute Gasteiger partial charge is 0.273 e. The van der Waals surface area contributed by atoms with Gasteiger partial charge in [0.25, 0.3) is 5.91 Å². The molecule has 9 heteroatoms. The molecule has 0 aliphatic heterocycles. The monoisotopic (exact) mass is 456 g/mol. The fourth-order valence-electron chi connectivity index (χ4n) is 2.67. The Bertz CT molecular complexity index is 878. The first kappa shape index (κ1) is 25.0. The van der Waals surface area contributed by atoms with Gasteiger partial charge in [0.15, 0.2) is 0 Å². The van der Waals surface area contributed by atoms with E-state index >= 15 is 0 Å². The summed E-state index contributed by atoms with van der Waals surface area (Å²) in [6, 6.07) is 11.9. The number of rotatable bonds is 8. The molecule has 0 saturated carbocycles. The van der Waals surface area contributed by atoms with Crippen LogP contribution in [0, 0.1) is 5.82 Å². The van der Waals surface area contributed by atoms with E-state index in [1.165, 1.54) is 23.5 Å². The van der Waals surface area contributed by atoms with Gasteiger partial charge in [0.05, 0.1) is 5.01 Å². The lowest BCUT2D eigenvalue weighted by Gasteiger charge is -2.22. The number of thiazole rings is 1. The van der Waals surface area contributed by atoms with E-state index in [1.807, 2.05) is 18.2 Å². The van der Waals surface area contributed by atoms with E-state index in [0.29, 0.717) is 38.2 Å². The molecule has 0 fully saturated rings. The van der Waals surface area contributed by atoms with Crippen molar-refractivity contribution in [1.82, 2.24) is 14.9 Å². The van der Waals surface area contributed by atoms with Crippen LogP contribution in [0.1, 0.15) is 26.8 Å². The van der Waals surface area contributed by atoms with Crippen molar-refractivity contribution in [3.05, 3.63) is 81.8 Å². The largest absolute Gasteiger partial charge is 0.333 e. The summed E-state index contributed by atoms with van der Waals surface area (Å²) in [5.74, 6) is -0.439. The Morgan fingerprint density at radius 3 is 2.52 bits per heavy atom. The number of nitrogens with zero attached hydrogens (tertiary/aromatic N) is 3. The Kier molecular flexibility index (Phi) is 10.8. The Morgan fingerprint density at radius 2 is 1.86 bits per heavy atom. The van der Waals surface area contributed by atoms with Gasteiger partial charge in [-0.05, 0) is 36.4 Å². The van der Waals surface area contributed by atoms with Crippen LogP contribution < -0.4 is 5.73 Å². The standard InChI is InChI=1S/C20H21FN4OS.2ClH/c21-16-6-4-15(5-7-16)13-25(12-9-17-3-1-2-11-23-17)20(26)18-14-27-19(24-18)8-10-22;;/h1-7,11,14H,8-10,12-13,22H2;2*1H. The average molecular weight is 457 g/mol. The third-order valence-corrected chi connectivity index (χ3v) is 4.98. The van der Waals surface area contributed by atoms with E-state index < -0.39 is 0 Å². The van der Waals surface area contributed by atoms with Gasteiger partial charge >= 0.3 is 0 Å². The third-order valence-electron chi connectivity index (χ3n) is 4.07. The van der Waals surface area contributed by atoms with Gasteiger partial charge in [0, 0.05) is 43.2 Å². The number of benzene rings is 1. The van der Waals surface area contributed by atoms with Crippen molar-refractivity contribution in [2.75, 3.05) is 13.1 Å². The molecule has 0 aliphatic rings. The van der Waals surface area contributed by atoms with Gasteiger partial charge in [0.1, 0.15) is 11.5 Å². The van der Waals surface area contributed by atoms with Crippen molar-refractivity contribution < 1.29 is 9.18 Å². The van der Waals surface area contributed by atoms with Crippen LogP contribution in [0.4, 0.5) is 4.39 Å². The number of hydrogen-bond acceptors (Lipinski definition) is 5. The summed E-state index contributed by atoms with van der Waals surface area (Å²) in [6.45, 7) is 1.38. The topological polar surface area (TPSA) is 72.1 Å². The molecule has 2 aromatic heterocycles. The molecule has 2 heterocycles. The number of aromatic nitrogens is 2. The molecule has 1 aromatic carbocycles. The minimum atomic E-state index is -0.295. The predicted molar refractivity (Wildman–Crippen MR) is 118 cm³/mol. The fourth-order valence-corrected chi connectivity index (χ4v) is 3.46. The molecule has 0 bridgehead atoms. The lowest BCUT2D eigenvalue weighted by Crippen LogP contribution is -2.33. The number of amides is 1. The first-order chi connectivity index (χ1) is 13.2. The normalized spacial score (nSPS) is 10.0. The molecule has 0 radical (unpaired) electrons. The van der Waals surface area contributed by atoms with Gasteiger partial charge in [-0.3, -0.25) is 9.78 Å². The van der Waals surface area contributed by atoms with Crippen molar-refractivity contribution in [1.29, 1.82) is 0 Å². The molecule has 0 unspecified atom stereocenters. The van der Waals surface area contributed by atoms with Gasteiger partial charge in [-0.2, -0.15) is 0 Å². The van der Waals surface area contributed by atoms with Crippen molar-refractivity contribution in [2.45, 2.75) is 19.4 Å². The molecule has 1 amide bonds. The minimum absolute atomic E-state index is 0. The van der Waals surface area contributed by atoms with Gasteiger partial charge in [0.2, 0.25) is 0 Å². The van der Waals surface area contributed by atoms with Gasteiger partial charge in [-0.25, -0.2) is 9.37 Å². The van der Waals surface area contributed by atoms with Crippen molar-refractivity contribution in [3.63, 3.8) is 0 Å². The second-order valence-corrected chi connectivity index (χ2v) is 7.03. The van der Waals surface area contributed by atoms with Gasteiger partial charge < -0.3 is 10.6 Å². The van der Waals surface area contributed by atoms with Crippen LogP contribution in [0.3, 0.4) is 0 Å². The molecule has 0 aliphatic carbocycles. The molecule has 3 aromatic rings. The molecule has 0 spiro atoms. The minimum Gasteiger partial charge on any atom is -0.333 e. The van der Waals surface area contributed by atoms with Crippen LogP contribution in [-0.4, -0.2) is 33.9 Å².